The Hall–Kier alpha value is -0.200. The van der Waals surface area contributed by atoms with E-state index >= 15 is 0 Å². The molecule has 1 heterocycles. The molecule has 6 atom stereocenters. The highest BCUT2D eigenvalue weighted by Crippen LogP contribution is 2.48. The van der Waals surface area contributed by atoms with Crippen LogP contribution >= 0.6 is 0 Å². The first kappa shape index (κ1) is 12.3. The summed E-state index contributed by atoms with van der Waals surface area (Å²) in [4.78, 5) is 0. The average molecular weight is 232 g/mol. The molecule has 0 amide bonds. The maximum atomic E-state index is 10.3. The second-order valence-electron chi connectivity index (χ2n) is 4.96. The molecular weight excluding hydrogens is 212 g/mol. The van der Waals surface area contributed by atoms with Crippen LogP contribution in [0.15, 0.2) is 0 Å². The van der Waals surface area contributed by atoms with Crippen molar-refractivity contribution in [2.24, 2.45) is 11.8 Å². The van der Waals surface area contributed by atoms with E-state index in [1.807, 2.05) is 0 Å². The fourth-order valence-corrected chi connectivity index (χ4v) is 3.08. The number of hydrogen-bond donors (Lipinski definition) is 2. The summed E-state index contributed by atoms with van der Waals surface area (Å²) >= 11 is 0. The zero-order chi connectivity index (χ0) is 11.9. The van der Waals surface area contributed by atoms with Crippen LogP contribution in [0.1, 0.15) is 19.8 Å². The van der Waals surface area contributed by atoms with Crippen LogP contribution in [-0.4, -0.2) is 48.7 Å². The van der Waals surface area contributed by atoms with Crippen LogP contribution in [0.5, 0.6) is 0 Å². The van der Waals surface area contributed by atoms with E-state index in [4.69, 9.17) is 14.2 Å². The number of aliphatic hydroxyl groups is 2. The summed E-state index contributed by atoms with van der Waals surface area (Å²) < 4.78 is 16.0. The Bertz CT molecular complexity index is 255. The lowest BCUT2D eigenvalue weighted by molar-refractivity contribution is -0.301. The number of rotatable bonds is 2. The number of aliphatic hydroxyl groups excluding tert-OH is 1. The molecule has 2 rings (SSSR count). The lowest BCUT2D eigenvalue weighted by atomic mass is 9.82. The Labute approximate surface area is 95.3 Å². The third-order valence-corrected chi connectivity index (χ3v) is 3.83. The molecule has 1 aliphatic carbocycles. The molecule has 2 N–H and O–H groups in total. The third kappa shape index (κ3) is 1.87. The van der Waals surface area contributed by atoms with Crippen LogP contribution in [0.4, 0.5) is 0 Å². The van der Waals surface area contributed by atoms with Gasteiger partial charge >= 0.3 is 0 Å². The van der Waals surface area contributed by atoms with E-state index in [0.29, 0.717) is 12.8 Å². The van der Waals surface area contributed by atoms with Crippen molar-refractivity contribution in [3.8, 4) is 0 Å². The molecular formula is C11H20O5. The quantitative estimate of drug-likeness (QED) is 0.706. The first-order valence-electron chi connectivity index (χ1n) is 5.61. The number of hydrogen-bond acceptors (Lipinski definition) is 5. The largest absolute Gasteiger partial charge is 0.393 e. The Morgan fingerprint density at radius 3 is 2.56 bits per heavy atom. The zero-order valence-electron chi connectivity index (χ0n) is 9.92. The molecule has 1 saturated carbocycles. The molecule has 0 aromatic heterocycles. The SMILES string of the molecule is CO[C@H]1CC2C(O)C[C@](C)(O)C2[C@@H](OC)O1. The lowest BCUT2D eigenvalue weighted by Crippen LogP contribution is -2.49. The van der Waals surface area contributed by atoms with E-state index < -0.39 is 18.0 Å². The van der Waals surface area contributed by atoms with E-state index in [2.05, 4.69) is 0 Å². The van der Waals surface area contributed by atoms with Gasteiger partial charge in [0.2, 0.25) is 0 Å². The highest BCUT2D eigenvalue weighted by Gasteiger charge is 2.56. The highest BCUT2D eigenvalue weighted by atomic mass is 16.8. The van der Waals surface area contributed by atoms with Gasteiger partial charge in [-0.15, -0.1) is 0 Å². The monoisotopic (exact) mass is 232 g/mol. The minimum atomic E-state index is -0.941. The van der Waals surface area contributed by atoms with Crippen LogP contribution < -0.4 is 0 Å². The summed E-state index contributed by atoms with van der Waals surface area (Å²) in [6.07, 6.45) is -0.440. The fraction of sp³-hybridized carbons (Fsp3) is 1.00. The van der Waals surface area contributed by atoms with Crippen molar-refractivity contribution >= 4 is 0 Å². The molecule has 0 radical (unpaired) electrons. The van der Waals surface area contributed by atoms with Crippen molar-refractivity contribution in [2.75, 3.05) is 14.2 Å². The smallest absolute Gasteiger partial charge is 0.166 e. The molecule has 94 valence electrons. The van der Waals surface area contributed by atoms with Crippen LogP contribution in [0, 0.1) is 11.8 Å². The minimum absolute atomic E-state index is 0.0290. The van der Waals surface area contributed by atoms with E-state index in [1.54, 1.807) is 21.1 Å². The van der Waals surface area contributed by atoms with Gasteiger partial charge in [0.15, 0.2) is 12.6 Å². The molecule has 3 unspecified atom stereocenters. The topological polar surface area (TPSA) is 68.2 Å². The molecule has 0 aromatic carbocycles. The highest BCUT2D eigenvalue weighted by molar-refractivity contribution is 5.02. The molecule has 0 bridgehead atoms. The predicted octanol–water partition coefficient (Wildman–Crippen LogP) is 0.0997. The Balaban J connectivity index is 2.21. The van der Waals surface area contributed by atoms with Crippen molar-refractivity contribution in [1.82, 2.24) is 0 Å². The predicted molar refractivity (Wildman–Crippen MR) is 55.5 cm³/mol. The van der Waals surface area contributed by atoms with Gasteiger partial charge in [-0.25, -0.2) is 0 Å². The van der Waals surface area contributed by atoms with Gasteiger partial charge in [-0.2, -0.15) is 0 Å². The lowest BCUT2D eigenvalue weighted by Gasteiger charge is -2.41. The van der Waals surface area contributed by atoms with Crippen LogP contribution in [-0.2, 0) is 14.2 Å². The van der Waals surface area contributed by atoms with Crippen LogP contribution in [0.3, 0.4) is 0 Å². The van der Waals surface area contributed by atoms with Gasteiger partial charge in [0.05, 0.1) is 11.7 Å². The number of methoxy groups -OCH3 is 2. The molecule has 1 saturated heterocycles. The van der Waals surface area contributed by atoms with Gasteiger partial charge in [0.1, 0.15) is 0 Å². The second kappa shape index (κ2) is 4.23. The molecule has 1 aliphatic heterocycles. The van der Waals surface area contributed by atoms with E-state index in [-0.39, 0.29) is 18.1 Å². The fourth-order valence-electron chi connectivity index (χ4n) is 3.08. The Morgan fingerprint density at radius 1 is 1.31 bits per heavy atom. The second-order valence-corrected chi connectivity index (χ2v) is 4.96. The van der Waals surface area contributed by atoms with Crippen molar-refractivity contribution in [1.29, 1.82) is 0 Å². The summed E-state index contributed by atoms with van der Waals surface area (Å²) in [7, 11) is 3.11. The molecule has 0 spiro atoms. The Kier molecular flexibility index (Phi) is 3.25. The van der Waals surface area contributed by atoms with Crippen molar-refractivity contribution in [3.63, 3.8) is 0 Å². The van der Waals surface area contributed by atoms with E-state index in [1.165, 1.54) is 0 Å². The van der Waals surface area contributed by atoms with Gasteiger partial charge in [0.25, 0.3) is 0 Å². The molecule has 0 aromatic rings. The number of ether oxygens (including phenoxy) is 3. The molecule has 5 heteroatoms. The number of fused-ring (bicyclic) bond motifs is 1. The average Bonchev–Trinajstić information content (AvgIpc) is 2.48. The summed E-state index contributed by atoms with van der Waals surface area (Å²) in [6, 6.07) is 0. The van der Waals surface area contributed by atoms with Crippen LogP contribution in [0.25, 0.3) is 0 Å². The standard InChI is InChI=1S/C11H20O5/c1-11(13)5-7(12)6-4-8(14-2)16-10(15-3)9(6)11/h6-10,12-13H,4-5H2,1-3H3/t6?,7?,8-,9?,10+,11+/m1/s1. The van der Waals surface area contributed by atoms with Crippen molar-refractivity contribution in [2.45, 2.75) is 44.1 Å². The molecule has 2 fully saturated rings. The molecule has 2 aliphatic rings. The Morgan fingerprint density at radius 2 is 2.00 bits per heavy atom. The van der Waals surface area contributed by atoms with Crippen LogP contribution in [0.2, 0.25) is 0 Å². The first-order chi connectivity index (χ1) is 7.49. The van der Waals surface area contributed by atoms with Gasteiger partial charge < -0.3 is 24.4 Å². The first-order valence-corrected chi connectivity index (χ1v) is 5.61. The third-order valence-electron chi connectivity index (χ3n) is 3.83. The maximum absolute atomic E-state index is 10.3. The molecule has 5 nitrogen and oxygen atoms in total. The summed E-state index contributed by atoms with van der Waals surface area (Å²) in [5.74, 6) is -0.224. The van der Waals surface area contributed by atoms with Crippen molar-refractivity contribution < 1.29 is 24.4 Å². The van der Waals surface area contributed by atoms with Gasteiger partial charge in [-0.1, -0.05) is 0 Å². The van der Waals surface area contributed by atoms with Gasteiger partial charge in [-0.3, -0.25) is 0 Å². The summed E-state index contributed by atoms with van der Waals surface area (Å²) in [6.45, 7) is 1.73. The minimum Gasteiger partial charge on any atom is -0.393 e. The zero-order valence-corrected chi connectivity index (χ0v) is 9.92. The van der Waals surface area contributed by atoms with Crippen molar-refractivity contribution in [3.05, 3.63) is 0 Å². The summed E-state index contributed by atoms with van der Waals surface area (Å²) in [5.41, 5.74) is -0.941. The van der Waals surface area contributed by atoms with Gasteiger partial charge in [-0.05, 0) is 6.92 Å². The molecule has 16 heavy (non-hydrogen) atoms. The van der Waals surface area contributed by atoms with E-state index in [9.17, 15) is 10.2 Å². The summed E-state index contributed by atoms with van der Waals surface area (Å²) in [5, 5.41) is 20.2. The van der Waals surface area contributed by atoms with E-state index in [0.717, 1.165) is 0 Å². The normalized spacial score (nSPS) is 52.7. The maximum Gasteiger partial charge on any atom is 0.166 e. The van der Waals surface area contributed by atoms with Gasteiger partial charge in [0, 0.05) is 38.9 Å².